The Morgan fingerprint density at radius 2 is 2.05 bits per heavy atom. The molecule has 1 spiro atoms. The monoisotopic (exact) mass is 264 g/mol. The van der Waals surface area contributed by atoms with Crippen LogP contribution in [0, 0.1) is 22.7 Å². The van der Waals surface area contributed by atoms with Crippen molar-refractivity contribution in [3.05, 3.63) is 11.6 Å². The van der Waals surface area contributed by atoms with Crippen LogP contribution in [0.2, 0.25) is 0 Å². The van der Waals surface area contributed by atoms with Crippen molar-refractivity contribution >= 4 is 0 Å². The van der Waals surface area contributed by atoms with Crippen LogP contribution in [0.4, 0.5) is 0 Å². The highest BCUT2D eigenvalue weighted by Gasteiger charge is 2.55. The van der Waals surface area contributed by atoms with E-state index in [0.717, 1.165) is 44.7 Å². The number of ether oxygens (including phenoxy) is 2. The van der Waals surface area contributed by atoms with Crippen LogP contribution < -0.4 is 0 Å². The lowest BCUT2D eigenvalue weighted by molar-refractivity contribution is -0.138. The molecular formula is C17H28O2. The molecule has 1 aliphatic carbocycles. The molecule has 1 atom stereocenters. The first-order valence-corrected chi connectivity index (χ1v) is 7.88. The second-order valence-corrected chi connectivity index (χ2v) is 7.71. The highest BCUT2D eigenvalue weighted by molar-refractivity contribution is 5.23. The molecule has 108 valence electrons. The summed E-state index contributed by atoms with van der Waals surface area (Å²) in [6.07, 6.45) is 7.51. The largest absolute Gasteiger partial charge is 0.381 e. The van der Waals surface area contributed by atoms with Crippen molar-refractivity contribution in [2.45, 2.75) is 46.5 Å². The zero-order chi connectivity index (χ0) is 13.5. The third-order valence-corrected chi connectivity index (χ3v) is 5.59. The summed E-state index contributed by atoms with van der Waals surface area (Å²) in [5.41, 5.74) is 2.42. The highest BCUT2D eigenvalue weighted by Crippen LogP contribution is 2.62. The Hall–Kier alpha value is -0.340. The molecule has 0 aromatic carbocycles. The Bertz CT molecular complexity index is 363. The Kier molecular flexibility index (Phi) is 3.51. The molecule has 3 aliphatic rings. The second kappa shape index (κ2) is 4.89. The van der Waals surface area contributed by atoms with Gasteiger partial charge in [-0.25, -0.2) is 0 Å². The summed E-state index contributed by atoms with van der Waals surface area (Å²) in [6, 6.07) is 0. The Labute approximate surface area is 117 Å². The van der Waals surface area contributed by atoms with Crippen LogP contribution >= 0.6 is 0 Å². The molecule has 0 amide bonds. The minimum Gasteiger partial charge on any atom is -0.381 e. The summed E-state index contributed by atoms with van der Waals surface area (Å²) in [4.78, 5) is 0. The lowest BCUT2D eigenvalue weighted by Crippen LogP contribution is -2.53. The fraction of sp³-hybridized carbons (Fsp3) is 0.882. The van der Waals surface area contributed by atoms with E-state index in [1.54, 1.807) is 5.57 Å². The maximum Gasteiger partial charge on any atom is 0.0682 e. The third kappa shape index (κ3) is 2.50. The fourth-order valence-corrected chi connectivity index (χ4v) is 4.58. The molecule has 19 heavy (non-hydrogen) atoms. The van der Waals surface area contributed by atoms with Gasteiger partial charge in [-0.15, -0.1) is 0 Å². The molecule has 0 radical (unpaired) electrons. The van der Waals surface area contributed by atoms with Gasteiger partial charge in [-0.2, -0.15) is 0 Å². The number of hydrogen-bond donors (Lipinski definition) is 0. The number of rotatable bonds is 2. The molecule has 2 heterocycles. The van der Waals surface area contributed by atoms with E-state index in [0.29, 0.717) is 10.8 Å². The van der Waals surface area contributed by atoms with Crippen LogP contribution in [-0.2, 0) is 9.47 Å². The fourth-order valence-electron chi connectivity index (χ4n) is 4.58. The van der Waals surface area contributed by atoms with Gasteiger partial charge in [0.05, 0.1) is 19.8 Å². The molecule has 0 aromatic rings. The molecule has 0 aromatic heterocycles. The molecule has 3 rings (SSSR count). The van der Waals surface area contributed by atoms with Crippen molar-refractivity contribution in [3.8, 4) is 0 Å². The Morgan fingerprint density at radius 1 is 1.26 bits per heavy atom. The first kappa shape index (κ1) is 13.6. The number of hydrogen-bond acceptors (Lipinski definition) is 2. The van der Waals surface area contributed by atoms with Crippen molar-refractivity contribution < 1.29 is 9.47 Å². The van der Waals surface area contributed by atoms with Crippen LogP contribution in [0.15, 0.2) is 11.6 Å². The van der Waals surface area contributed by atoms with Gasteiger partial charge in [0.1, 0.15) is 0 Å². The summed E-state index contributed by atoms with van der Waals surface area (Å²) in [7, 11) is 0. The quantitative estimate of drug-likeness (QED) is 0.706. The first-order chi connectivity index (χ1) is 9.03. The topological polar surface area (TPSA) is 18.5 Å². The molecule has 2 aliphatic heterocycles. The van der Waals surface area contributed by atoms with Gasteiger partial charge >= 0.3 is 0 Å². The summed E-state index contributed by atoms with van der Waals surface area (Å²) in [5, 5.41) is 0. The molecule has 2 nitrogen and oxygen atoms in total. The van der Waals surface area contributed by atoms with E-state index in [-0.39, 0.29) is 0 Å². The van der Waals surface area contributed by atoms with Gasteiger partial charge in [-0.3, -0.25) is 0 Å². The predicted octanol–water partition coefficient (Wildman–Crippen LogP) is 3.81. The molecule has 2 fully saturated rings. The van der Waals surface area contributed by atoms with E-state index in [9.17, 15) is 0 Å². The molecule has 0 N–H and O–H groups in total. The molecule has 1 saturated heterocycles. The van der Waals surface area contributed by atoms with E-state index in [1.165, 1.54) is 19.3 Å². The summed E-state index contributed by atoms with van der Waals surface area (Å²) in [6.45, 7) is 10.8. The maximum atomic E-state index is 5.93. The van der Waals surface area contributed by atoms with Crippen LogP contribution in [-0.4, -0.2) is 26.4 Å². The van der Waals surface area contributed by atoms with Gasteiger partial charge in [-0.05, 0) is 53.9 Å². The van der Waals surface area contributed by atoms with Gasteiger partial charge in [0.15, 0.2) is 0 Å². The highest BCUT2D eigenvalue weighted by atomic mass is 16.5. The van der Waals surface area contributed by atoms with Gasteiger partial charge < -0.3 is 9.47 Å². The van der Waals surface area contributed by atoms with Crippen molar-refractivity contribution in [2.75, 3.05) is 26.4 Å². The minimum atomic E-state index is 0.392. The average molecular weight is 264 g/mol. The van der Waals surface area contributed by atoms with E-state index in [1.807, 2.05) is 0 Å². The lowest BCUT2D eigenvalue weighted by Gasteiger charge is -2.59. The van der Waals surface area contributed by atoms with E-state index in [4.69, 9.17) is 9.47 Å². The summed E-state index contributed by atoms with van der Waals surface area (Å²) >= 11 is 0. The van der Waals surface area contributed by atoms with Crippen LogP contribution in [0.25, 0.3) is 0 Å². The Morgan fingerprint density at radius 3 is 2.68 bits per heavy atom. The smallest absolute Gasteiger partial charge is 0.0682 e. The van der Waals surface area contributed by atoms with Crippen LogP contribution in [0.5, 0.6) is 0 Å². The average Bonchev–Trinajstić information content (AvgIpc) is 2.38. The molecule has 0 bridgehead atoms. The minimum absolute atomic E-state index is 0.392. The summed E-state index contributed by atoms with van der Waals surface area (Å²) in [5.74, 6) is 1.51. The zero-order valence-corrected chi connectivity index (χ0v) is 12.7. The first-order valence-electron chi connectivity index (χ1n) is 7.88. The van der Waals surface area contributed by atoms with E-state index >= 15 is 0 Å². The predicted molar refractivity (Wildman–Crippen MR) is 77.1 cm³/mol. The van der Waals surface area contributed by atoms with Crippen molar-refractivity contribution in [2.24, 2.45) is 22.7 Å². The van der Waals surface area contributed by atoms with Crippen LogP contribution in [0.3, 0.4) is 0 Å². The maximum absolute atomic E-state index is 5.93. The van der Waals surface area contributed by atoms with E-state index in [2.05, 4.69) is 26.8 Å². The van der Waals surface area contributed by atoms with Gasteiger partial charge in [-0.1, -0.05) is 26.8 Å². The molecule has 2 heteroatoms. The standard InChI is InChI=1S/C17H28O2/c1-13(2)14-7-17(12-19-8-14)10-16(3,11-17)15-5-4-6-18-9-15/h5,13-14H,4,6-12H2,1-3H3. The van der Waals surface area contributed by atoms with Gasteiger partial charge in [0.2, 0.25) is 0 Å². The van der Waals surface area contributed by atoms with Gasteiger partial charge in [0.25, 0.3) is 0 Å². The van der Waals surface area contributed by atoms with Gasteiger partial charge in [0, 0.05) is 6.61 Å². The van der Waals surface area contributed by atoms with Crippen molar-refractivity contribution in [3.63, 3.8) is 0 Å². The Balaban J connectivity index is 1.65. The molecule has 1 unspecified atom stereocenters. The van der Waals surface area contributed by atoms with E-state index < -0.39 is 0 Å². The summed E-state index contributed by atoms with van der Waals surface area (Å²) < 4.78 is 11.6. The normalized spacial score (nSPS) is 43.2. The van der Waals surface area contributed by atoms with Crippen molar-refractivity contribution in [1.82, 2.24) is 0 Å². The van der Waals surface area contributed by atoms with Crippen LogP contribution in [0.1, 0.15) is 46.5 Å². The molecule has 1 saturated carbocycles. The second-order valence-electron chi connectivity index (χ2n) is 7.71. The van der Waals surface area contributed by atoms with Crippen molar-refractivity contribution in [1.29, 1.82) is 0 Å². The zero-order valence-electron chi connectivity index (χ0n) is 12.7. The SMILES string of the molecule is CC(C)C1COCC2(C1)CC(C)(C1=CCCOC1)C2. The third-order valence-electron chi connectivity index (χ3n) is 5.59. The lowest BCUT2D eigenvalue weighted by atomic mass is 9.48. The molecular weight excluding hydrogens is 236 g/mol.